The Morgan fingerprint density at radius 2 is 2.10 bits per heavy atom. The Balaban J connectivity index is 2.25. The van der Waals surface area contributed by atoms with Gasteiger partial charge in [-0.05, 0) is 46.0 Å². The molecule has 0 aliphatic heterocycles. The van der Waals surface area contributed by atoms with Crippen molar-refractivity contribution in [3.63, 3.8) is 0 Å². The van der Waals surface area contributed by atoms with E-state index in [4.69, 9.17) is 0 Å². The summed E-state index contributed by atoms with van der Waals surface area (Å²) in [5.41, 5.74) is 1.06. The van der Waals surface area contributed by atoms with Gasteiger partial charge in [-0.15, -0.1) is 11.3 Å². The molecule has 2 aromatic rings. The molecular weight excluding hydrogens is 387 g/mol. The maximum atomic E-state index is 10.8. The van der Waals surface area contributed by atoms with Gasteiger partial charge in [-0.3, -0.25) is 10.1 Å². The number of nitrogens with zero attached hydrogens (tertiary/aromatic N) is 1. The molecule has 1 aromatic carbocycles. The summed E-state index contributed by atoms with van der Waals surface area (Å²) in [4.78, 5) is 11.7. The van der Waals surface area contributed by atoms with Crippen LogP contribution in [0.4, 0.5) is 11.4 Å². The molecule has 1 heterocycles. The molecule has 0 aliphatic carbocycles. The maximum absolute atomic E-state index is 10.8. The van der Waals surface area contributed by atoms with Crippen LogP contribution in [0.1, 0.15) is 24.8 Å². The fraction of sp³-hybridized carbons (Fsp3) is 0.286. The first-order valence-corrected chi connectivity index (χ1v) is 8.18. The van der Waals surface area contributed by atoms with Gasteiger partial charge < -0.3 is 5.32 Å². The lowest BCUT2D eigenvalue weighted by molar-refractivity contribution is -0.384. The smallest absolute Gasteiger partial charge is 0.270 e. The van der Waals surface area contributed by atoms with Crippen LogP contribution in [0.5, 0.6) is 0 Å². The number of nitro groups is 1. The number of non-ortho nitro benzene ring substituents is 1. The number of rotatable bonds is 5. The molecule has 6 heteroatoms. The molecule has 0 aliphatic rings. The molecule has 0 bridgehead atoms. The minimum Gasteiger partial charge on any atom is -0.376 e. The van der Waals surface area contributed by atoms with E-state index in [1.165, 1.54) is 10.9 Å². The summed E-state index contributed by atoms with van der Waals surface area (Å²) in [7, 11) is 0. The van der Waals surface area contributed by atoms with Crippen molar-refractivity contribution in [1.82, 2.24) is 0 Å². The van der Waals surface area contributed by atoms with Crippen LogP contribution in [-0.4, -0.2) is 4.92 Å². The predicted molar refractivity (Wildman–Crippen MR) is 91.3 cm³/mol. The maximum Gasteiger partial charge on any atom is 0.270 e. The highest BCUT2D eigenvalue weighted by Gasteiger charge is 2.18. The van der Waals surface area contributed by atoms with Gasteiger partial charge in [0.15, 0.2) is 0 Å². The number of thiophene rings is 1. The zero-order valence-electron chi connectivity index (χ0n) is 11.2. The minimum atomic E-state index is -0.370. The van der Waals surface area contributed by atoms with Gasteiger partial charge in [0.2, 0.25) is 0 Å². The van der Waals surface area contributed by atoms with E-state index in [1.807, 2.05) is 6.07 Å². The molecule has 0 amide bonds. The lowest BCUT2D eigenvalue weighted by Gasteiger charge is -2.23. The molecule has 4 nitrogen and oxygen atoms in total. The SMILES string of the molecule is CC(C)C(Nc1ccc([N+](=O)[O-])cc1I)c1cccs1. The number of nitro benzene ring substituents is 1. The van der Waals surface area contributed by atoms with Gasteiger partial charge in [-0.2, -0.15) is 0 Å². The van der Waals surface area contributed by atoms with Crippen LogP contribution >= 0.6 is 33.9 Å². The summed E-state index contributed by atoms with van der Waals surface area (Å²) in [6, 6.07) is 9.27. The van der Waals surface area contributed by atoms with Crippen LogP contribution in [0.25, 0.3) is 0 Å². The van der Waals surface area contributed by atoms with Gasteiger partial charge in [-0.1, -0.05) is 19.9 Å². The molecule has 20 heavy (non-hydrogen) atoms. The molecule has 0 saturated carbocycles. The predicted octanol–water partition coefficient (Wildman–Crippen LogP) is 5.07. The normalized spacial score (nSPS) is 12.4. The van der Waals surface area contributed by atoms with E-state index in [9.17, 15) is 10.1 Å². The number of hydrogen-bond donors (Lipinski definition) is 1. The molecule has 1 unspecified atom stereocenters. The molecule has 1 atom stereocenters. The summed E-state index contributed by atoms with van der Waals surface area (Å²) in [5, 5.41) is 16.3. The number of hydrogen-bond acceptors (Lipinski definition) is 4. The Morgan fingerprint density at radius 3 is 2.60 bits per heavy atom. The third-order valence-corrected chi connectivity index (χ3v) is 4.84. The molecule has 106 valence electrons. The molecule has 1 N–H and O–H groups in total. The monoisotopic (exact) mass is 402 g/mol. The average Bonchev–Trinajstić information content (AvgIpc) is 2.90. The summed E-state index contributed by atoms with van der Waals surface area (Å²) >= 11 is 3.85. The van der Waals surface area contributed by atoms with Crippen LogP contribution in [0.15, 0.2) is 35.7 Å². The lowest BCUT2D eigenvalue weighted by Crippen LogP contribution is -2.16. The van der Waals surface area contributed by atoms with Gasteiger partial charge in [0.1, 0.15) is 0 Å². The summed E-state index contributed by atoms with van der Waals surface area (Å²) in [6.07, 6.45) is 0. The van der Waals surface area contributed by atoms with Gasteiger partial charge in [-0.25, -0.2) is 0 Å². The van der Waals surface area contributed by atoms with Gasteiger partial charge >= 0.3 is 0 Å². The standard InChI is InChI=1S/C14H15IN2O2S/c1-9(2)14(13-4-3-7-20-13)16-12-6-5-10(17(18)19)8-11(12)15/h3-9,14,16H,1-2H3. The summed E-state index contributed by atoms with van der Waals surface area (Å²) < 4.78 is 0.860. The Hall–Kier alpha value is -1.15. The zero-order chi connectivity index (χ0) is 14.7. The molecule has 0 radical (unpaired) electrons. The van der Waals surface area contributed by atoms with Crippen molar-refractivity contribution in [2.24, 2.45) is 5.92 Å². The second kappa shape index (κ2) is 6.53. The van der Waals surface area contributed by atoms with Gasteiger partial charge in [0.25, 0.3) is 5.69 Å². The minimum absolute atomic E-state index is 0.122. The van der Waals surface area contributed by atoms with Crippen LogP contribution in [0.2, 0.25) is 0 Å². The van der Waals surface area contributed by atoms with Crippen molar-refractivity contribution >= 4 is 45.3 Å². The Kier molecular flexibility index (Phi) is 4.98. The number of halogens is 1. The first-order valence-electron chi connectivity index (χ1n) is 6.23. The molecule has 2 rings (SSSR count). The van der Waals surface area contributed by atoms with Crippen LogP contribution < -0.4 is 5.32 Å². The van der Waals surface area contributed by atoms with E-state index in [2.05, 4.69) is 53.2 Å². The van der Waals surface area contributed by atoms with Gasteiger partial charge in [0.05, 0.1) is 11.0 Å². The topological polar surface area (TPSA) is 55.2 Å². The molecule has 0 fully saturated rings. The van der Waals surface area contributed by atoms with E-state index >= 15 is 0 Å². The molecular formula is C14H15IN2O2S. The van der Waals surface area contributed by atoms with Crippen molar-refractivity contribution in [2.75, 3.05) is 5.32 Å². The second-order valence-corrected chi connectivity index (χ2v) is 6.94. The third kappa shape index (κ3) is 3.49. The highest BCUT2D eigenvalue weighted by atomic mass is 127. The van der Waals surface area contributed by atoms with E-state index < -0.39 is 0 Å². The summed E-state index contributed by atoms with van der Waals surface area (Å²) in [5.74, 6) is 0.430. The van der Waals surface area contributed by atoms with Crippen molar-refractivity contribution in [3.8, 4) is 0 Å². The fourth-order valence-corrected chi connectivity index (χ4v) is 3.54. The van der Waals surface area contributed by atoms with Crippen LogP contribution in [-0.2, 0) is 0 Å². The average molecular weight is 402 g/mol. The Bertz CT molecular complexity index is 599. The van der Waals surface area contributed by atoms with Crippen LogP contribution in [0, 0.1) is 19.6 Å². The zero-order valence-corrected chi connectivity index (χ0v) is 14.1. The van der Waals surface area contributed by atoms with E-state index in [1.54, 1.807) is 23.5 Å². The van der Waals surface area contributed by atoms with Crippen LogP contribution in [0.3, 0.4) is 0 Å². The van der Waals surface area contributed by atoms with Crippen molar-refractivity contribution in [3.05, 3.63) is 54.3 Å². The van der Waals surface area contributed by atoms with Crippen molar-refractivity contribution in [2.45, 2.75) is 19.9 Å². The largest absolute Gasteiger partial charge is 0.376 e. The number of nitrogens with one attached hydrogen (secondary N) is 1. The molecule has 0 spiro atoms. The Morgan fingerprint density at radius 1 is 1.35 bits per heavy atom. The highest BCUT2D eigenvalue weighted by Crippen LogP contribution is 2.32. The first-order chi connectivity index (χ1) is 9.49. The first kappa shape index (κ1) is 15.2. The molecule has 0 saturated heterocycles. The quantitative estimate of drug-likeness (QED) is 0.432. The number of anilines is 1. The summed E-state index contributed by atoms with van der Waals surface area (Å²) in [6.45, 7) is 4.32. The van der Waals surface area contributed by atoms with E-state index in [0.717, 1.165) is 9.26 Å². The van der Waals surface area contributed by atoms with Crippen molar-refractivity contribution in [1.29, 1.82) is 0 Å². The molecule has 1 aromatic heterocycles. The number of benzene rings is 1. The highest BCUT2D eigenvalue weighted by molar-refractivity contribution is 14.1. The lowest BCUT2D eigenvalue weighted by atomic mass is 10.0. The second-order valence-electron chi connectivity index (χ2n) is 4.80. The fourth-order valence-electron chi connectivity index (χ4n) is 1.94. The van der Waals surface area contributed by atoms with E-state index in [0.29, 0.717) is 5.92 Å². The van der Waals surface area contributed by atoms with Gasteiger partial charge in [0, 0.05) is 26.3 Å². The van der Waals surface area contributed by atoms with E-state index in [-0.39, 0.29) is 16.7 Å². The Labute approximate surface area is 135 Å². The van der Waals surface area contributed by atoms with Crippen molar-refractivity contribution < 1.29 is 4.92 Å². The third-order valence-electron chi connectivity index (χ3n) is 2.99.